The Morgan fingerprint density at radius 3 is 2.50 bits per heavy atom. The van der Waals surface area contributed by atoms with E-state index in [-0.39, 0.29) is 18.4 Å². The second-order valence-corrected chi connectivity index (χ2v) is 6.70. The lowest BCUT2D eigenvalue weighted by atomic mass is 10.1. The Labute approximate surface area is 144 Å². The fourth-order valence-electron chi connectivity index (χ4n) is 2.94. The second kappa shape index (κ2) is 8.15. The molecule has 1 saturated heterocycles. The zero-order valence-electron chi connectivity index (χ0n) is 15.2. The highest BCUT2D eigenvalue weighted by molar-refractivity contribution is 5.84. The Hall–Kier alpha value is -2.08. The molecule has 1 aliphatic heterocycles. The van der Waals surface area contributed by atoms with E-state index in [9.17, 15) is 9.59 Å². The molecule has 0 radical (unpaired) electrons. The number of amides is 2. The number of benzene rings is 1. The summed E-state index contributed by atoms with van der Waals surface area (Å²) in [6.07, 6.45) is 0. The molecule has 0 unspecified atom stereocenters. The third-order valence-corrected chi connectivity index (χ3v) is 4.73. The standard InChI is InChI=1S/C18H28N4O2/c1-14-6-5-7-16(15(14)2)22-10-8-21(9-11-22)13-17(23)19-12-18(24)20(3)4/h5-7H,8-13H2,1-4H3,(H,19,23)/p+1. The Morgan fingerprint density at radius 2 is 1.88 bits per heavy atom. The van der Waals surface area contributed by atoms with Crippen LogP contribution in [0.1, 0.15) is 11.1 Å². The Balaban J connectivity index is 1.79. The van der Waals surface area contributed by atoms with Crippen molar-refractivity contribution in [1.82, 2.24) is 10.2 Å². The number of hydrogen-bond acceptors (Lipinski definition) is 3. The van der Waals surface area contributed by atoms with Crippen LogP contribution < -0.4 is 15.1 Å². The Morgan fingerprint density at radius 1 is 1.21 bits per heavy atom. The quantitative estimate of drug-likeness (QED) is 0.743. The van der Waals surface area contributed by atoms with Gasteiger partial charge in [0.05, 0.1) is 32.7 Å². The van der Waals surface area contributed by atoms with Gasteiger partial charge in [-0.05, 0) is 31.0 Å². The molecule has 0 bridgehead atoms. The first-order valence-electron chi connectivity index (χ1n) is 8.50. The molecule has 0 spiro atoms. The van der Waals surface area contributed by atoms with E-state index in [0.29, 0.717) is 6.54 Å². The lowest BCUT2D eigenvalue weighted by Crippen LogP contribution is -3.16. The molecule has 1 fully saturated rings. The molecule has 1 aromatic rings. The molecule has 0 atom stereocenters. The van der Waals surface area contributed by atoms with Crippen LogP contribution in [0.3, 0.4) is 0 Å². The Bertz CT molecular complexity index is 593. The van der Waals surface area contributed by atoms with E-state index in [2.05, 4.69) is 42.3 Å². The van der Waals surface area contributed by atoms with Gasteiger partial charge in [-0.3, -0.25) is 9.59 Å². The molecule has 2 amide bonds. The molecule has 1 aromatic carbocycles. The lowest BCUT2D eigenvalue weighted by molar-refractivity contribution is -0.892. The molecule has 1 aliphatic rings. The van der Waals surface area contributed by atoms with E-state index in [0.717, 1.165) is 26.2 Å². The average Bonchev–Trinajstić information content (AvgIpc) is 2.56. The van der Waals surface area contributed by atoms with Gasteiger partial charge in [-0.2, -0.15) is 0 Å². The first kappa shape index (κ1) is 18.3. The molecule has 0 aromatic heterocycles. The zero-order valence-corrected chi connectivity index (χ0v) is 15.2. The molecule has 2 rings (SSSR count). The molecule has 0 saturated carbocycles. The van der Waals surface area contributed by atoms with Crippen molar-refractivity contribution in [2.45, 2.75) is 13.8 Å². The van der Waals surface area contributed by atoms with Crippen LogP contribution in [0, 0.1) is 13.8 Å². The fourth-order valence-corrected chi connectivity index (χ4v) is 2.94. The van der Waals surface area contributed by atoms with Crippen LogP contribution in [-0.2, 0) is 9.59 Å². The topological polar surface area (TPSA) is 57.1 Å². The third kappa shape index (κ3) is 4.71. The van der Waals surface area contributed by atoms with Gasteiger partial charge >= 0.3 is 0 Å². The zero-order chi connectivity index (χ0) is 17.7. The van der Waals surface area contributed by atoms with E-state index in [1.807, 2.05) is 0 Å². The number of nitrogens with one attached hydrogen (secondary N) is 2. The molecule has 132 valence electrons. The van der Waals surface area contributed by atoms with E-state index in [4.69, 9.17) is 0 Å². The van der Waals surface area contributed by atoms with Crippen LogP contribution in [0.25, 0.3) is 0 Å². The van der Waals surface area contributed by atoms with Crippen molar-refractivity contribution in [3.63, 3.8) is 0 Å². The SMILES string of the molecule is Cc1cccc(N2CC[NH+](CC(=O)NCC(=O)N(C)C)CC2)c1C. The van der Waals surface area contributed by atoms with Crippen LogP contribution in [0.5, 0.6) is 0 Å². The minimum atomic E-state index is -0.0851. The van der Waals surface area contributed by atoms with Crippen LogP contribution in [-0.4, -0.2) is 70.1 Å². The minimum absolute atomic E-state index is 0.0552. The molecule has 24 heavy (non-hydrogen) atoms. The summed E-state index contributed by atoms with van der Waals surface area (Å²) in [6.45, 7) is 8.58. The molecule has 6 nitrogen and oxygen atoms in total. The summed E-state index contributed by atoms with van der Waals surface area (Å²) in [6, 6.07) is 6.42. The monoisotopic (exact) mass is 333 g/mol. The maximum Gasteiger partial charge on any atom is 0.275 e. The molecule has 6 heteroatoms. The number of nitrogens with zero attached hydrogens (tertiary/aromatic N) is 2. The summed E-state index contributed by atoms with van der Waals surface area (Å²) in [7, 11) is 3.37. The van der Waals surface area contributed by atoms with Crippen LogP contribution in [0.15, 0.2) is 18.2 Å². The van der Waals surface area contributed by atoms with Crippen LogP contribution in [0.4, 0.5) is 5.69 Å². The number of carbonyl (C=O) groups is 2. The maximum absolute atomic E-state index is 12.0. The van der Waals surface area contributed by atoms with E-state index >= 15 is 0 Å². The predicted octanol–water partition coefficient (Wildman–Crippen LogP) is -0.787. The van der Waals surface area contributed by atoms with Crippen molar-refractivity contribution in [2.24, 2.45) is 0 Å². The van der Waals surface area contributed by atoms with E-state index < -0.39 is 0 Å². The summed E-state index contributed by atoms with van der Waals surface area (Å²) in [5, 5.41) is 2.71. The summed E-state index contributed by atoms with van der Waals surface area (Å²) < 4.78 is 0. The average molecular weight is 333 g/mol. The van der Waals surface area contributed by atoms with Gasteiger partial charge in [0.15, 0.2) is 6.54 Å². The van der Waals surface area contributed by atoms with Gasteiger partial charge in [-0.25, -0.2) is 0 Å². The summed E-state index contributed by atoms with van der Waals surface area (Å²) in [4.78, 5) is 28.6. The van der Waals surface area contributed by atoms with Crippen molar-refractivity contribution < 1.29 is 14.5 Å². The molecular formula is C18H29N4O2+. The first-order chi connectivity index (χ1) is 11.4. The first-order valence-corrected chi connectivity index (χ1v) is 8.50. The van der Waals surface area contributed by atoms with Gasteiger partial charge in [0.25, 0.3) is 5.91 Å². The molecule has 0 aliphatic carbocycles. The lowest BCUT2D eigenvalue weighted by Gasteiger charge is -2.34. The summed E-state index contributed by atoms with van der Waals surface area (Å²) >= 11 is 0. The highest BCUT2D eigenvalue weighted by atomic mass is 16.2. The predicted molar refractivity (Wildman–Crippen MR) is 95.4 cm³/mol. The smallest absolute Gasteiger partial charge is 0.275 e. The number of anilines is 1. The minimum Gasteiger partial charge on any atom is -0.360 e. The van der Waals surface area contributed by atoms with Gasteiger partial charge in [-0.1, -0.05) is 12.1 Å². The van der Waals surface area contributed by atoms with Crippen molar-refractivity contribution in [3.8, 4) is 0 Å². The third-order valence-electron chi connectivity index (χ3n) is 4.73. The van der Waals surface area contributed by atoms with Crippen LogP contribution >= 0.6 is 0 Å². The highest BCUT2D eigenvalue weighted by Gasteiger charge is 2.23. The van der Waals surface area contributed by atoms with Gasteiger partial charge in [0, 0.05) is 19.8 Å². The largest absolute Gasteiger partial charge is 0.360 e. The molecule has 1 heterocycles. The van der Waals surface area contributed by atoms with Gasteiger partial charge in [0.1, 0.15) is 0 Å². The second-order valence-electron chi connectivity index (χ2n) is 6.70. The maximum atomic E-state index is 12.0. The summed E-state index contributed by atoms with van der Waals surface area (Å²) in [5.41, 5.74) is 3.95. The number of carbonyl (C=O) groups excluding carboxylic acids is 2. The number of hydrogen-bond donors (Lipinski definition) is 2. The normalized spacial score (nSPS) is 15.2. The van der Waals surface area contributed by atoms with Crippen molar-refractivity contribution in [1.29, 1.82) is 0 Å². The number of aryl methyl sites for hydroxylation is 1. The van der Waals surface area contributed by atoms with Crippen molar-refractivity contribution in [3.05, 3.63) is 29.3 Å². The Kier molecular flexibility index (Phi) is 6.20. The van der Waals surface area contributed by atoms with E-state index in [1.165, 1.54) is 26.6 Å². The molecular weight excluding hydrogens is 304 g/mol. The van der Waals surface area contributed by atoms with E-state index in [1.54, 1.807) is 14.1 Å². The fraction of sp³-hybridized carbons (Fsp3) is 0.556. The number of rotatable bonds is 5. The molecule has 2 N–H and O–H groups in total. The highest BCUT2D eigenvalue weighted by Crippen LogP contribution is 2.22. The van der Waals surface area contributed by atoms with Gasteiger partial charge in [0.2, 0.25) is 5.91 Å². The number of quaternary nitrogens is 1. The van der Waals surface area contributed by atoms with Crippen molar-refractivity contribution in [2.75, 3.05) is 58.3 Å². The van der Waals surface area contributed by atoms with Crippen molar-refractivity contribution >= 4 is 17.5 Å². The van der Waals surface area contributed by atoms with Gasteiger partial charge in [-0.15, -0.1) is 0 Å². The summed E-state index contributed by atoms with van der Waals surface area (Å²) in [5.74, 6) is -0.140. The van der Waals surface area contributed by atoms with Crippen LogP contribution in [0.2, 0.25) is 0 Å². The van der Waals surface area contributed by atoms with Gasteiger partial charge < -0.3 is 20.0 Å². The number of piperazine rings is 1. The number of likely N-dealkylation sites (N-methyl/N-ethyl adjacent to an activating group) is 1.